The Bertz CT molecular complexity index is 337. The molecule has 116 valence electrons. The summed E-state index contributed by atoms with van der Waals surface area (Å²) >= 11 is 0. The first-order valence-electron chi connectivity index (χ1n) is 7.84. The molecule has 2 rings (SSSR count). The quantitative estimate of drug-likeness (QED) is 0.617. The molecule has 2 saturated heterocycles. The van der Waals surface area contributed by atoms with Crippen LogP contribution in [0.2, 0.25) is 0 Å². The molecule has 5 nitrogen and oxygen atoms in total. The van der Waals surface area contributed by atoms with Crippen molar-refractivity contribution in [1.29, 1.82) is 0 Å². The Kier molecular flexibility index (Phi) is 5.27. The average Bonchev–Trinajstić information content (AvgIpc) is 3.05. The number of aliphatic imine (C=N–C) groups is 1. The first kappa shape index (κ1) is 15.6. The van der Waals surface area contributed by atoms with E-state index in [0.29, 0.717) is 11.5 Å². The molecular formula is C15H30N4O. The highest BCUT2D eigenvalue weighted by molar-refractivity contribution is 5.80. The Balaban J connectivity index is 1.96. The average molecular weight is 282 g/mol. The summed E-state index contributed by atoms with van der Waals surface area (Å²) in [5.74, 6) is 1.07. The largest absolute Gasteiger partial charge is 0.381 e. The monoisotopic (exact) mass is 282 g/mol. The van der Waals surface area contributed by atoms with Gasteiger partial charge in [-0.1, -0.05) is 0 Å². The van der Waals surface area contributed by atoms with Crippen LogP contribution >= 0.6 is 0 Å². The maximum absolute atomic E-state index is 5.61. The number of guanidine groups is 1. The summed E-state index contributed by atoms with van der Waals surface area (Å²) in [6, 6.07) is 0.468. The fourth-order valence-electron chi connectivity index (χ4n) is 2.89. The highest BCUT2D eigenvalue weighted by atomic mass is 16.5. The molecule has 2 aliphatic rings. The standard InChI is InChI=1S/C15H30N4O/c1-5-16-14(17-10-13(2)18(3)4)19-8-6-15(11-19)7-9-20-12-15/h13H,5-12H2,1-4H3,(H,16,17). The fourth-order valence-corrected chi connectivity index (χ4v) is 2.89. The molecule has 0 bridgehead atoms. The summed E-state index contributed by atoms with van der Waals surface area (Å²) in [5, 5.41) is 3.44. The number of ether oxygens (including phenoxy) is 1. The summed E-state index contributed by atoms with van der Waals surface area (Å²) in [5.41, 5.74) is 0.392. The van der Waals surface area contributed by atoms with Gasteiger partial charge in [-0.2, -0.15) is 0 Å². The molecule has 0 saturated carbocycles. The third kappa shape index (κ3) is 3.64. The zero-order chi connectivity index (χ0) is 14.6. The van der Waals surface area contributed by atoms with Crippen LogP contribution in [0.3, 0.4) is 0 Å². The van der Waals surface area contributed by atoms with E-state index in [1.54, 1.807) is 0 Å². The van der Waals surface area contributed by atoms with Gasteiger partial charge in [0.25, 0.3) is 0 Å². The smallest absolute Gasteiger partial charge is 0.193 e. The van der Waals surface area contributed by atoms with Crippen LogP contribution in [0, 0.1) is 5.41 Å². The van der Waals surface area contributed by atoms with Gasteiger partial charge in [-0.25, -0.2) is 0 Å². The summed E-state index contributed by atoms with van der Waals surface area (Å²) in [6.07, 6.45) is 2.44. The van der Waals surface area contributed by atoms with E-state index >= 15 is 0 Å². The van der Waals surface area contributed by atoms with E-state index in [2.05, 4.69) is 43.1 Å². The molecule has 2 unspecified atom stereocenters. The van der Waals surface area contributed by atoms with E-state index in [4.69, 9.17) is 9.73 Å². The van der Waals surface area contributed by atoms with Gasteiger partial charge in [0.2, 0.25) is 0 Å². The second-order valence-electron chi connectivity index (χ2n) is 6.48. The number of likely N-dealkylation sites (N-methyl/N-ethyl adjacent to an activating group) is 1. The van der Waals surface area contributed by atoms with Gasteiger partial charge >= 0.3 is 0 Å². The topological polar surface area (TPSA) is 40.1 Å². The SMILES string of the molecule is CCNC(=NCC(C)N(C)C)N1CCC2(CCOC2)C1. The van der Waals surface area contributed by atoms with E-state index < -0.39 is 0 Å². The molecule has 20 heavy (non-hydrogen) atoms. The van der Waals surface area contributed by atoms with Crippen LogP contribution in [0.15, 0.2) is 4.99 Å². The van der Waals surface area contributed by atoms with Crippen LogP contribution in [-0.4, -0.2) is 75.3 Å². The molecule has 2 atom stereocenters. The molecule has 5 heteroatoms. The minimum absolute atomic E-state index is 0.392. The van der Waals surface area contributed by atoms with Gasteiger partial charge in [0.05, 0.1) is 13.2 Å². The minimum Gasteiger partial charge on any atom is -0.381 e. The fraction of sp³-hybridized carbons (Fsp3) is 0.933. The lowest BCUT2D eigenvalue weighted by atomic mass is 9.87. The first-order valence-corrected chi connectivity index (χ1v) is 7.84. The van der Waals surface area contributed by atoms with Crippen molar-refractivity contribution >= 4 is 5.96 Å². The van der Waals surface area contributed by atoms with Gasteiger partial charge in [-0.3, -0.25) is 4.99 Å². The molecule has 1 N–H and O–H groups in total. The highest BCUT2D eigenvalue weighted by Gasteiger charge is 2.42. The van der Waals surface area contributed by atoms with Crippen LogP contribution in [-0.2, 0) is 4.74 Å². The van der Waals surface area contributed by atoms with E-state index in [1.165, 1.54) is 12.8 Å². The maximum atomic E-state index is 5.61. The number of nitrogens with zero attached hydrogens (tertiary/aromatic N) is 3. The Morgan fingerprint density at radius 1 is 1.45 bits per heavy atom. The summed E-state index contributed by atoms with van der Waals surface area (Å²) in [7, 11) is 4.21. The zero-order valence-electron chi connectivity index (χ0n) is 13.5. The van der Waals surface area contributed by atoms with E-state index in [-0.39, 0.29) is 0 Å². The van der Waals surface area contributed by atoms with Gasteiger partial charge in [0, 0.05) is 37.7 Å². The van der Waals surface area contributed by atoms with Crippen LogP contribution in [0.25, 0.3) is 0 Å². The molecule has 2 heterocycles. The van der Waals surface area contributed by atoms with Crippen molar-refractivity contribution in [2.45, 2.75) is 32.7 Å². The number of likely N-dealkylation sites (tertiary alicyclic amines) is 1. The van der Waals surface area contributed by atoms with Gasteiger partial charge < -0.3 is 19.9 Å². The first-order chi connectivity index (χ1) is 9.56. The molecule has 2 fully saturated rings. The number of rotatable bonds is 4. The van der Waals surface area contributed by atoms with Crippen molar-refractivity contribution in [2.75, 3.05) is 53.5 Å². The van der Waals surface area contributed by atoms with Crippen LogP contribution in [0.1, 0.15) is 26.7 Å². The molecule has 0 radical (unpaired) electrons. The molecule has 0 aromatic heterocycles. The van der Waals surface area contributed by atoms with Crippen molar-refractivity contribution in [2.24, 2.45) is 10.4 Å². The molecular weight excluding hydrogens is 252 g/mol. The second-order valence-corrected chi connectivity index (χ2v) is 6.48. The summed E-state index contributed by atoms with van der Waals surface area (Å²) in [4.78, 5) is 9.45. The molecule has 2 aliphatic heterocycles. The minimum atomic E-state index is 0.392. The molecule has 1 spiro atoms. The molecule has 0 aromatic rings. The maximum Gasteiger partial charge on any atom is 0.193 e. The van der Waals surface area contributed by atoms with Crippen LogP contribution in [0.5, 0.6) is 0 Å². The van der Waals surface area contributed by atoms with E-state index in [9.17, 15) is 0 Å². The third-order valence-corrected chi connectivity index (χ3v) is 4.64. The van der Waals surface area contributed by atoms with Crippen LogP contribution < -0.4 is 5.32 Å². The zero-order valence-corrected chi connectivity index (χ0v) is 13.5. The van der Waals surface area contributed by atoms with Gasteiger partial charge in [0.15, 0.2) is 5.96 Å². The van der Waals surface area contributed by atoms with E-state index in [0.717, 1.165) is 45.4 Å². The highest BCUT2D eigenvalue weighted by Crippen LogP contribution is 2.38. The van der Waals surface area contributed by atoms with Crippen molar-refractivity contribution in [3.8, 4) is 0 Å². The lowest BCUT2D eigenvalue weighted by molar-refractivity contribution is 0.156. The van der Waals surface area contributed by atoms with Gasteiger partial charge in [-0.15, -0.1) is 0 Å². The van der Waals surface area contributed by atoms with Crippen molar-refractivity contribution in [3.63, 3.8) is 0 Å². The lowest BCUT2D eigenvalue weighted by Crippen LogP contribution is -2.42. The lowest BCUT2D eigenvalue weighted by Gasteiger charge is -2.26. The Morgan fingerprint density at radius 3 is 2.85 bits per heavy atom. The predicted octanol–water partition coefficient (Wildman–Crippen LogP) is 1.01. The molecule has 0 aromatic carbocycles. The van der Waals surface area contributed by atoms with Crippen molar-refractivity contribution in [1.82, 2.24) is 15.1 Å². The van der Waals surface area contributed by atoms with Gasteiger partial charge in [-0.05, 0) is 40.8 Å². The van der Waals surface area contributed by atoms with Gasteiger partial charge in [0.1, 0.15) is 0 Å². The summed E-state index contributed by atoms with van der Waals surface area (Å²) in [6.45, 7) is 10.2. The Morgan fingerprint density at radius 2 is 2.25 bits per heavy atom. The third-order valence-electron chi connectivity index (χ3n) is 4.64. The number of hydrogen-bond acceptors (Lipinski definition) is 3. The normalized spacial score (nSPS) is 28.6. The predicted molar refractivity (Wildman–Crippen MR) is 83.2 cm³/mol. The Hall–Kier alpha value is -0.810. The second kappa shape index (κ2) is 6.76. The number of nitrogens with one attached hydrogen (secondary N) is 1. The number of hydrogen-bond donors (Lipinski definition) is 1. The molecule has 0 aliphatic carbocycles. The molecule has 0 amide bonds. The van der Waals surface area contributed by atoms with Crippen molar-refractivity contribution < 1.29 is 4.74 Å². The van der Waals surface area contributed by atoms with E-state index in [1.807, 2.05) is 0 Å². The van der Waals surface area contributed by atoms with Crippen molar-refractivity contribution in [3.05, 3.63) is 0 Å². The van der Waals surface area contributed by atoms with Crippen LogP contribution in [0.4, 0.5) is 0 Å². The Labute approximate surface area is 123 Å². The summed E-state index contributed by atoms with van der Waals surface area (Å²) < 4.78 is 5.61.